The fourth-order valence-electron chi connectivity index (χ4n) is 4.01. The lowest BCUT2D eigenvalue weighted by molar-refractivity contribution is 0.0746. The van der Waals surface area contributed by atoms with Crippen LogP contribution in [0.1, 0.15) is 23.2 Å². The minimum Gasteiger partial charge on any atom is -0.495 e. The fraction of sp³-hybridized carbons (Fsp3) is 0.409. The lowest BCUT2D eigenvalue weighted by Gasteiger charge is -2.36. The first-order valence-electron chi connectivity index (χ1n) is 9.78. The van der Waals surface area contributed by atoms with E-state index in [1.165, 1.54) is 18.5 Å². The van der Waals surface area contributed by atoms with Crippen LogP contribution in [0.4, 0.5) is 11.4 Å². The summed E-state index contributed by atoms with van der Waals surface area (Å²) in [7, 11) is 1.70. The first-order chi connectivity index (χ1) is 13.3. The van der Waals surface area contributed by atoms with E-state index in [4.69, 9.17) is 4.74 Å². The van der Waals surface area contributed by atoms with Crippen molar-refractivity contribution in [2.45, 2.75) is 12.8 Å². The molecule has 2 aromatic rings. The highest BCUT2D eigenvalue weighted by molar-refractivity contribution is 5.94. The van der Waals surface area contributed by atoms with Gasteiger partial charge in [0.1, 0.15) is 5.75 Å². The molecule has 5 heteroatoms. The van der Waals surface area contributed by atoms with E-state index in [0.29, 0.717) is 0 Å². The monoisotopic (exact) mass is 365 g/mol. The Bertz CT molecular complexity index is 776. The van der Waals surface area contributed by atoms with Gasteiger partial charge in [-0.3, -0.25) is 4.79 Å². The Balaban J connectivity index is 1.38. The zero-order valence-electron chi connectivity index (χ0n) is 15.9. The molecular weight excluding hydrogens is 338 g/mol. The summed E-state index contributed by atoms with van der Waals surface area (Å²) in [4.78, 5) is 19.5. The number of rotatable bonds is 4. The Morgan fingerprint density at radius 1 is 0.815 bits per heavy atom. The molecule has 2 aliphatic rings. The summed E-state index contributed by atoms with van der Waals surface area (Å²) in [5.74, 6) is 1.01. The largest absolute Gasteiger partial charge is 0.495 e. The van der Waals surface area contributed by atoms with Crippen LogP contribution in [-0.2, 0) is 0 Å². The molecule has 1 amide bonds. The standard InChI is InChI=1S/C22H27N3O2/c1-27-21-7-3-2-6-20(21)24-14-16-25(17-15-24)22(26)18-8-10-19(11-9-18)23-12-4-5-13-23/h2-3,6-11H,4-5,12-17H2,1H3. The zero-order chi connectivity index (χ0) is 18.6. The molecule has 0 N–H and O–H groups in total. The van der Waals surface area contributed by atoms with Gasteiger partial charge < -0.3 is 19.4 Å². The number of benzene rings is 2. The third kappa shape index (κ3) is 3.72. The van der Waals surface area contributed by atoms with Crippen LogP contribution in [-0.4, -0.2) is 57.2 Å². The number of piperazine rings is 1. The third-order valence-electron chi connectivity index (χ3n) is 5.58. The predicted molar refractivity (Wildman–Crippen MR) is 109 cm³/mol. The summed E-state index contributed by atoms with van der Waals surface area (Å²) < 4.78 is 5.47. The predicted octanol–water partition coefficient (Wildman–Crippen LogP) is 3.26. The van der Waals surface area contributed by atoms with Gasteiger partial charge in [0.2, 0.25) is 0 Å². The topological polar surface area (TPSA) is 36.0 Å². The molecule has 0 aromatic heterocycles. The summed E-state index contributed by atoms with van der Waals surface area (Å²) in [6, 6.07) is 16.2. The van der Waals surface area contributed by atoms with Gasteiger partial charge in [0.15, 0.2) is 0 Å². The van der Waals surface area contributed by atoms with Crippen molar-refractivity contribution in [3.05, 3.63) is 54.1 Å². The van der Waals surface area contributed by atoms with E-state index in [1.807, 2.05) is 35.2 Å². The number of hydrogen-bond acceptors (Lipinski definition) is 4. The smallest absolute Gasteiger partial charge is 0.253 e. The molecule has 2 fully saturated rings. The van der Waals surface area contributed by atoms with E-state index in [1.54, 1.807) is 7.11 Å². The maximum atomic E-state index is 12.9. The Morgan fingerprint density at radius 2 is 1.48 bits per heavy atom. The van der Waals surface area contributed by atoms with Crippen LogP contribution in [0.15, 0.2) is 48.5 Å². The number of anilines is 2. The molecule has 0 bridgehead atoms. The van der Waals surface area contributed by atoms with Crippen molar-refractivity contribution < 1.29 is 9.53 Å². The van der Waals surface area contributed by atoms with E-state index >= 15 is 0 Å². The highest BCUT2D eigenvalue weighted by Crippen LogP contribution is 2.28. The van der Waals surface area contributed by atoms with Gasteiger partial charge >= 0.3 is 0 Å². The number of hydrogen-bond donors (Lipinski definition) is 0. The highest BCUT2D eigenvalue weighted by atomic mass is 16.5. The van der Waals surface area contributed by atoms with E-state index in [-0.39, 0.29) is 5.91 Å². The Kier molecular flexibility index (Phi) is 5.19. The number of methoxy groups -OCH3 is 1. The number of carbonyl (C=O) groups is 1. The maximum absolute atomic E-state index is 12.9. The summed E-state index contributed by atoms with van der Waals surface area (Å²) in [6.07, 6.45) is 2.52. The van der Waals surface area contributed by atoms with Gasteiger partial charge in [0.05, 0.1) is 12.8 Å². The molecule has 2 saturated heterocycles. The molecule has 0 unspecified atom stereocenters. The quantitative estimate of drug-likeness (QED) is 0.833. The number of carbonyl (C=O) groups excluding carboxylic acids is 1. The highest BCUT2D eigenvalue weighted by Gasteiger charge is 2.24. The van der Waals surface area contributed by atoms with Gasteiger partial charge in [-0.2, -0.15) is 0 Å². The van der Waals surface area contributed by atoms with E-state index in [9.17, 15) is 4.79 Å². The van der Waals surface area contributed by atoms with Gasteiger partial charge in [-0.1, -0.05) is 12.1 Å². The summed E-state index contributed by atoms with van der Waals surface area (Å²) in [5, 5.41) is 0. The van der Waals surface area contributed by atoms with Crippen LogP contribution < -0.4 is 14.5 Å². The maximum Gasteiger partial charge on any atom is 0.253 e. The van der Waals surface area contributed by atoms with Crippen molar-refractivity contribution in [2.75, 3.05) is 56.2 Å². The second-order valence-corrected chi connectivity index (χ2v) is 7.19. The number of nitrogens with zero attached hydrogens (tertiary/aromatic N) is 3. The van der Waals surface area contributed by atoms with Crippen molar-refractivity contribution in [3.8, 4) is 5.75 Å². The van der Waals surface area contributed by atoms with Crippen molar-refractivity contribution in [3.63, 3.8) is 0 Å². The minimum atomic E-state index is 0.127. The minimum absolute atomic E-state index is 0.127. The average molecular weight is 365 g/mol. The SMILES string of the molecule is COc1ccccc1N1CCN(C(=O)c2ccc(N3CCCC3)cc2)CC1. The molecule has 2 aliphatic heterocycles. The van der Waals surface area contributed by atoms with Crippen LogP contribution in [0.25, 0.3) is 0 Å². The number of para-hydroxylation sites is 2. The normalized spacial score (nSPS) is 17.3. The second-order valence-electron chi connectivity index (χ2n) is 7.19. The molecule has 2 aromatic carbocycles. The molecule has 0 spiro atoms. The molecule has 27 heavy (non-hydrogen) atoms. The van der Waals surface area contributed by atoms with Crippen LogP contribution >= 0.6 is 0 Å². The molecule has 4 rings (SSSR count). The summed E-state index contributed by atoms with van der Waals surface area (Å²) in [5.41, 5.74) is 3.11. The Labute approximate surface area is 161 Å². The first-order valence-corrected chi connectivity index (χ1v) is 9.78. The van der Waals surface area contributed by atoms with Crippen molar-refractivity contribution in [1.29, 1.82) is 0 Å². The molecule has 0 aliphatic carbocycles. The zero-order valence-corrected chi connectivity index (χ0v) is 15.9. The number of ether oxygens (including phenoxy) is 1. The molecule has 2 heterocycles. The molecular formula is C22H27N3O2. The molecule has 142 valence electrons. The molecule has 0 radical (unpaired) electrons. The van der Waals surface area contributed by atoms with Gasteiger partial charge in [0.25, 0.3) is 5.91 Å². The van der Waals surface area contributed by atoms with E-state index < -0.39 is 0 Å². The van der Waals surface area contributed by atoms with Crippen LogP contribution in [0.2, 0.25) is 0 Å². The van der Waals surface area contributed by atoms with Gasteiger partial charge in [0, 0.05) is 50.5 Å². The number of amides is 1. The lowest BCUT2D eigenvalue weighted by atomic mass is 10.1. The molecule has 0 saturated carbocycles. The van der Waals surface area contributed by atoms with E-state index in [2.05, 4.69) is 28.0 Å². The Hall–Kier alpha value is -2.69. The van der Waals surface area contributed by atoms with E-state index in [0.717, 1.165) is 56.3 Å². The average Bonchev–Trinajstić information content (AvgIpc) is 3.28. The Morgan fingerprint density at radius 3 is 2.15 bits per heavy atom. The molecule has 0 atom stereocenters. The van der Waals surface area contributed by atoms with Gasteiger partial charge in [-0.25, -0.2) is 0 Å². The van der Waals surface area contributed by atoms with Crippen LogP contribution in [0.5, 0.6) is 5.75 Å². The van der Waals surface area contributed by atoms with Crippen molar-refractivity contribution >= 4 is 17.3 Å². The van der Waals surface area contributed by atoms with Crippen molar-refractivity contribution in [1.82, 2.24) is 4.90 Å². The summed E-state index contributed by atoms with van der Waals surface area (Å²) in [6.45, 7) is 5.34. The fourth-order valence-corrected chi connectivity index (χ4v) is 4.01. The third-order valence-corrected chi connectivity index (χ3v) is 5.58. The van der Waals surface area contributed by atoms with Crippen LogP contribution in [0.3, 0.4) is 0 Å². The van der Waals surface area contributed by atoms with Crippen LogP contribution in [0, 0.1) is 0 Å². The molecule has 5 nitrogen and oxygen atoms in total. The second kappa shape index (κ2) is 7.91. The van der Waals surface area contributed by atoms with Gasteiger partial charge in [-0.15, -0.1) is 0 Å². The van der Waals surface area contributed by atoms with Gasteiger partial charge in [-0.05, 0) is 49.2 Å². The lowest BCUT2D eigenvalue weighted by Crippen LogP contribution is -2.48. The summed E-state index contributed by atoms with van der Waals surface area (Å²) >= 11 is 0. The first kappa shape index (κ1) is 17.7. The van der Waals surface area contributed by atoms with Crippen molar-refractivity contribution in [2.24, 2.45) is 0 Å².